The second-order valence-electron chi connectivity index (χ2n) is 6.20. The molecule has 0 aliphatic carbocycles. The predicted molar refractivity (Wildman–Crippen MR) is 104 cm³/mol. The van der Waals surface area contributed by atoms with E-state index in [0.717, 1.165) is 28.1 Å². The standard InChI is InChI=1S/C19H17N5O2S/c1-11-4-6-13(7-5-11)17-8-15(23-26-17)18(25)22-19-21-16(10-27-19)14-9-20-24(3)12(14)2/h4-10H,1-3H3,(H,21,22,25). The maximum absolute atomic E-state index is 12.4. The molecule has 0 aliphatic heterocycles. The van der Waals surface area contributed by atoms with Gasteiger partial charge in [-0.3, -0.25) is 14.8 Å². The number of hydrogen-bond donors (Lipinski definition) is 1. The maximum atomic E-state index is 12.4. The van der Waals surface area contributed by atoms with Gasteiger partial charge in [0.15, 0.2) is 16.6 Å². The molecule has 0 bridgehead atoms. The van der Waals surface area contributed by atoms with Crippen molar-refractivity contribution in [2.45, 2.75) is 13.8 Å². The lowest BCUT2D eigenvalue weighted by atomic mass is 10.1. The lowest BCUT2D eigenvalue weighted by Gasteiger charge is -1.98. The molecule has 3 aromatic heterocycles. The molecule has 0 saturated carbocycles. The number of nitrogens with one attached hydrogen (secondary N) is 1. The molecule has 27 heavy (non-hydrogen) atoms. The highest BCUT2D eigenvalue weighted by Crippen LogP contribution is 2.27. The minimum Gasteiger partial charge on any atom is -0.355 e. The number of rotatable bonds is 4. The van der Waals surface area contributed by atoms with Gasteiger partial charge in [-0.15, -0.1) is 11.3 Å². The van der Waals surface area contributed by atoms with Gasteiger partial charge in [0, 0.05) is 35.3 Å². The van der Waals surface area contributed by atoms with Gasteiger partial charge in [-0.25, -0.2) is 4.98 Å². The van der Waals surface area contributed by atoms with Crippen LogP contribution in [0.15, 0.2) is 46.4 Å². The highest BCUT2D eigenvalue weighted by Gasteiger charge is 2.16. The number of hydrogen-bond acceptors (Lipinski definition) is 6. The molecule has 4 rings (SSSR count). The van der Waals surface area contributed by atoms with Gasteiger partial charge in [0.25, 0.3) is 5.91 Å². The van der Waals surface area contributed by atoms with E-state index in [2.05, 4.69) is 20.6 Å². The van der Waals surface area contributed by atoms with Gasteiger partial charge in [-0.05, 0) is 13.8 Å². The van der Waals surface area contributed by atoms with Crippen molar-refractivity contribution >= 4 is 22.4 Å². The second kappa shape index (κ2) is 6.81. The number of carbonyl (C=O) groups excluding carboxylic acids is 1. The Morgan fingerprint density at radius 2 is 2.00 bits per heavy atom. The third-order valence-electron chi connectivity index (χ3n) is 4.31. The van der Waals surface area contributed by atoms with E-state index in [1.807, 2.05) is 50.5 Å². The van der Waals surface area contributed by atoms with Crippen LogP contribution >= 0.6 is 11.3 Å². The van der Waals surface area contributed by atoms with E-state index in [0.29, 0.717) is 10.9 Å². The van der Waals surface area contributed by atoms with E-state index in [1.165, 1.54) is 11.3 Å². The fourth-order valence-electron chi connectivity index (χ4n) is 2.60. The maximum Gasteiger partial charge on any atom is 0.279 e. The van der Waals surface area contributed by atoms with Crippen LogP contribution in [-0.2, 0) is 7.05 Å². The number of benzene rings is 1. The van der Waals surface area contributed by atoms with Crippen molar-refractivity contribution in [1.82, 2.24) is 19.9 Å². The average Bonchev–Trinajstić information content (AvgIpc) is 3.38. The Morgan fingerprint density at radius 3 is 2.70 bits per heavy atom. The van der Waals surface area contributed by atoms with Crippen LogP contribution in [0, 0.1) is 13.8 Å². The molecular formula is C19H17N5O2S. The zero-order valence-corrected chi connectivity index (χ0v) is 15.9. The third-order valence-corrected chi connectivity index (χ3v) is 5.07. The van der Waals surface area contributed by atoms with Crippen molar-refractivity contribution in [1.29, 1.82) is 0 Å². The van der Waals surface area contributed by atoms with Gasteiger partial charge in [0.1, 0.15) is 0 Å². The first-order valence-electron chi connectivity index (χ1n) is 8.31. The average molecular weight is 379 g/mol. The molecule has 7 nitrogen and oxygen atoms in total. The van der Waals surface area contributed by atoms with Crippen LogP contribution in [0.3, 0.4) is 0 Å². The van der Waals surface area contributed by atoms with Crippen LogP contribution in [0.1, 0.15) is 21.7 Å². The molecule has 1 N–H and O–H groups in total. The quantitative estimate of drug-likeness (QED) is 0.578. The van der Waals surface area contributed by atoms with Gasteiger partial charge in [0.05, 0.1) is 11.9 Å². The molecule has 1 amide bonds. The molecule has 3 heterocycles. The largest absolute Gasteiger partial charge is 0.355 e. The molecule has 0 atom stereocenters. The third kappa shape index (κ3) is 3.39. The summed E-state index contributed by atoms with van der Waals surface area (Å²) >= 11 is 1.35. The number of carbonyl (C=O) groups is 1. The molecule has 1 aromatic carbocycles. The van der Waals surface area contributed by atoms with E-state index in [9.17, 15) is 4.79 Å². The number of aromatic nitrogens is 4. The van der Waals surface area contributed by atoms with Crippen molar-refractivity contribution in [3.8, 4) is 22.6 Å². The van der Waals surface area contributed by atoms with Crippen LogP contribution in [0.4, 0.5) is 5.13 Å². The fourth-order valence-corrected chi connectivity index (χ4v) is 3.31. The lowest BCUT2D eigenvalue weighted by Crippen LogP contribution is -2.11. The molecule has 0 fully saturated rings. The highest BCUT2D eigenvalue weighted by atomic mass is 32.1. The summed E-state index contributed by atoms with van der Waals surface area (Å²) in [6, 6.07) is 9.45. The molecular weight excluding hydrogens is 362 g/mol. The first kappa shape index (κ1) is 17.2. The topological polar surface area (TPSA) is 85.8 Å². The minimum atomic E-state index is -0.360. The van der Waals surface area contributed by atoms with E-state index in [1.54, 1.807) is 16.9 Å². The summed E-state index contributed by atoms with van der Waals surface area (Å²) < 4.78 is 7.09. The lowest BCUT2D eigenvalue weighted by molar-refractivity contribution is 0.101. The summed E-state index contributed by atoms with van der Waals surface area (Å²) in [7, 11) is 1.88. The number of nitrogens with zero attached hydrogens (tertiary/aromatic N) is 4. The molecule has 0 radical (unpaired) electrons. The van der Waals surface area contributed by atoms with E-state index in [-0.39, 0.29) is 11.6 Å². The van der Waals surface area contributed by atoms with Crippen molar-refractivity contribution in [2.75, 3.05) is 5.32 Å². The monoisotopic (exact) mass is 379 g/mol. The van der Waals surface area contributed by atoms with Crippen molar-refractivity contribution in [2.24, 2.45) is 7.05 Å². The number of amides is 1. The molecule has 0 saturated heterocycles. The van der Waals surface area contributed by atoms with Gasteiger partial charge in [-0.1, -0.05) is 35.0 Å². The molecule has 0 spiro atoms. The summed E-state index contributed by atoms with van der Waals surface area (Å²) in [5.41, 5.74) is 4.96. The van der Waals surface area contributed by atoms with Gasteiger partial charge in [0.2, 0.25) is 0 Å². The molecule has 0 aliphatic rings. The summed E-state index contributed by atoms with van der Waals surface area (Å²) in [5, 5.41) is 13.2. The fraction of sp³-hybridized carbons (Fsp3) is 0.158. The van der Waals surface area contributed by atoms with Crippen molar-refractivity contribution in [3.63, 3.8) is 0 Å². The second-order valence-corrected chi connectivity index (χ2v) is 7.06. The minimum absolute atomic E-state index is 0.208. The zero-order valence-electron chi connectivity index (χ0n) is 15.1. The predicted octanol–water partition coefficient (Wildman–Crippen LogP) is 4.07. The SMILES string of the molecule is Cc1ccc(-c2cc(C(=O)Nc3nc(-c4cnn(C)c4C)cs3)no2)cc1. The van der Waals surface area contributed by atoms with Gasteiger partial charge >= 0.3 is 0 Å². The molecule has 8 heteroatoms. The van der Waals surface area contributed by atoms with Gasteiger partial charge in [-0.2, -0.15) is 5.10 Å². The first-order chi connectivity index (χ1) is 13.0. The summed E-state index contributed by atoms with van der Waals surface area (Å²) in [6.45, 7) is 3.99. The Labute approximate surface area is 159 Å². The normalized spacial score (nSPS) is 10.9. The number of thiazole rings is 1. The Hall–Kier alpha value is -3.26. The first-order valence-corrected chi connectivity index (χ1v) is 9.19. The van der Waals surface area contributed by atoms with E-state index in [4.69, 9.17) is 4.52 Å². The Kier molecular flexibility index (Phi) is 4.33. The van der Waals surface area contributed by atoms with Crippen LogP contribution in [0.25, 0.3) is 22.6 Å². The number of aryl methyl sites for hydroxylation is 2. The van der Waals surface area contributed by atoms with Crippen LogP contribution < -0.4 is 5.32 Å². The Bertz CT molecular complexity index is 1110. The van der Waals surface area contributed by atoms with Crippen molar-refractivity contribution < 1.29 is 9.32 Å². The summed E-state index contributed by atoms with van der Waals surface area (Å²) in [6.07, 6.45) is 1.77. The molecule has 4 aromatic rings. The van der Waals surface area contributed by atoms with Crippen LogP contribution in [0.5, 0.6) is 0 Å². The number of anilines is 1. The Balaban J connectivity index is 1.50. The summed E-state index contributed by atoms with van der Waals surface area (Å²) in [4.78, 5) is 16.9. The highest BCUT2D eigenvalue weighted by molar-refractivity contribution is 7.14. The van der Waals surface area contributed by atoms with E-state index < -0.39 is 0 Å². The molecule has 0 unspecified atom stereocenters. The zero-order chi connectivity index (χ0) is 19.0. The van der Waals surface area contributed by atoms with E-state index >= 15 is 0 Å². The van der Waals surface area contributed by atoms with Crippen LogP contribution in [-0.4, -0.2) is 25.8 Å². The molecule has 136 valence electrons. The smallest absolute Gasteiger partial charge is 0.279 e. The van der Waals surface area contributed by atoms with Crippen LogP contribution in [0.2, 0.25) is 0 Å². The Morgan fingerprint density at radius 1 is 1.22 bits per heavy atom. The van der Waals surface area contributed by atoms with Gasteiger partial charge < -0.3 is 4.52 Å². The summed E-state index contributed by atoms with van der Waals surface area (Å²) in [5.74, 6) is 0.187. The van der Waals surface area contributed by atoms with Crippen molar-refractivity contribution in [3.05, 3.63) is 58.9 Å².